The summed E-state index contributed by atoms with van der Waals surface area (Å²) in [4.78, 5) is 19.5. The minimum atomic E-state index is -4.46. The van der Waals surface area contributed by atoms with E-state index in [0.717, 1.165) is 0 Å². The molecular formula is C13H14F3N5O2. The second-order valence-electron chi connectivity index (χ2n) is 4.64. The molecule has 0 aliphatic carbocycles. The van der Waals surface area contributed by atoms with Gasteiger partial charge in [-0.05, 0) is 13.0 Å². The molecule has 7 nitrogen and oxygen atoms in total. The Hall–Kier alpha value is -2.65. The molecule has 0 aliphatic rings. The molecule has 1 amide bonds. The lowest BCUT2D eigenvalue weighted by atomic mass is 10.2. The van der Waals surface area contributed by atoms with Gasteiger partial charge in [-0.25, -0.2) is 14.6 Å². The number of rotatable bonds is 6. The van der Waals surface area contributed by atoms with Crippen LogP contribution in [0.1, 0.15) is 18.5 Å². The number of carbonyl (C=O) groups is 1. The molecule has 0 aliphatic heterocycles. The van der Waals surface area contributed by atoms with Crippen molar-refractivity contribution in [3.63, 3.8) is 0 Å². The van der Waals surface area contributed by atoms with E-state index in [-0.39, 0.29) is 18.3 Å². The number of ether oxygens (including phenoxy) is 1. The van der Waals surface area contributed by atoms with Gasteiger partial charge in [0.1, 0.15) is 18.7 Å². The van der Waals surface area contributed by atoms with Crippen molar-refractivity contribution in [3.05, 3.63) is 36.5 Å². The third-order valence-corrected chi connectivity index (χ3v) is 2.89. The van der Waals surface area contributed by atoms with Crippen molar-refractivity contribution in [2.75, 3.05) is 6.61 Å². The van der Waals surface area contributed by atoms with Crippen LogP contribution in [-0.4, -0.2) is 38.4 Å². The first kappa shape index (κ1) is 16.7. The zero-order valence-corrected chi connectivity index (χ0v) is 12.1. The van der Waals surface area contributed by atoms with Crippen LogP contribution in [0.4, 0.5) is 13.2 Å². The van der Waals surface area contributed by atoms with Gasteiger partial charge in [0, 0.05) is 18.3 Å². The summed E-state index contributed by atoms with van der Waals surface area (Å²) >= 11 is 0. The van der Waals surface area contributed by atoms with Crippen LogP contribution in [0.15, 0.2) is 31.0 Å². The lowest BCUT2D eigenvalue weighted by Crippen LogP contribution is -2.31. The Morgan fingerprint density at radius 1 is 1.48 bits per heavy atom. The highest BCUT2D eigenvalue weighted by Gasteiger charge is 2.29. The molecule has 0 saturated carbocycles. The van der Waals surface area contributed by atoms with E-state index in [0.29, 0.717) is 5.56 Å². The fourth-order valence-corrected chi connectivity index (χ4v) is 1.71. The molecule has 0 spiro atoms. The zero-order chi connectivity index (χ0) is 16.9. The van der Waals surface area contributed by atoms with Gasteiger partial charge in [-0.15, -0.1) is 0 Å². The number of alkyl halides is 3. The number of amides is 1. The molecule has 0 unspecified atom stereocenters. The fourth-order valence-electron chi connectivity index (χ4n) is 1.71. The molecule has 1 N–H and O–H groups in total. The van der Waals surface area contributed by atoms with Crippen LogP contribution in [0.2, 0.25) is 0 Å². The van der Waals surface area contributed by atoms with Crippen LogP contribution in [-0.2, 0) is 11.3 Å². The quantitative estimate of drug-likeness (QED) is 0.868. The average molecular weight is 329 g/mol. The van der Waals surface area contributed by atoms with Gasteiger partial charge in [0.15, 0.2) is 6.61 Å². The van der Waals surface area contributed by atoms with Gasteiger partial charge >= 0.3 is 6.18 Å². The van der Waals surface area contributed by atoms with Crippen LogP contribution in [0.5, 0.6) is 5.88 Å². The first-order valence-corrected chi connectivity index (χ1v) is 6.62. The first-order valence-electron chi connectivity index (χ1n) is 6.62. The zero-order valence-electron chi connectivity index (χ0n) is 12.1. The van der Waals surface area contributed by atoms with E-state index in [9.17, 15) is 18.0 Å². The van der Waals surface area contributed by atoms with Crippen molar-refractivity contribution in [1.29, 1.82) is 0 Å². The third kappa shape index (κ3) is 4.94. The smallest absolute Gasteiger partial charge is 0.422 e. The predicted octanol–water partition coefficient (Wildman–Crippen LogP) is 1.49. The molecule has 0 fully saturated rings. The number of nitrogens with zero attached hydrogens (tertiary/aromatic N) is 4. The molecule has 2 aromatic heterocycles. The second kappa shape index (κ2) is 7.07. The number of hydrogen-bond acceptors (Lipinski definition) is 5. The maximum Gasteiger partial charge on any atom is 0.422 e. The minimum Gasteiger partial charge on any atom is -0.468 e. The number of halogens is 3. The Morgan fingerprint density at radius 3 is 2.91 bits per heavy atom. The van der Waals surface area contributed by atoms with Gasteiger partial charge in [0.2, 0.25) is 11.8 Å². The van der Waals surface area contributed by atoms with Crippen LogP contribution in [0.25, 0.3) is 0 Å². The van der Waals surface area contributed by atoms with E-state index in [2.05, 4.69) is 25.1 Å². The van der Waals surface area contributed by atoms with Gasteiger partial charge in [0.05, 0.1) is 0 Å². The Labute approximate surface area is 129 Å². The number of nitrogens with one attached hydrogen (secondary N) is 1. The molecule has 0 saturated heterocycles. The number of pyridine rings is 1. The monoisotopic (exact) mass is 329 g/mol. The van der Waals surface area contributed by atoms with Crippen LogP contribution >= 0.6 is 0 Å². The van der Waals surface area contributed by atoms with Crippen LogP contribution in [0, 0.1) is 0 Å². The van der Waals surface area contributed by atoms with Crippen molar-refractivity contribution >= 4 is 5.91 Å². The predicted molar refractivity (Wildman–Crippen MR) is 72.4 cm³/mol. The molecule has 124 valence electrons. The van der Waals surface area contributed by atoms with E-state index in [1.54, 1.807) is 13.0 Å². The number of aromatic nitrogens is 4. The van der Waals surface area contributed by atoms with E-state index < -0.39 is 18.8 Å². The fraction of sp³-hybridized carbons (Fsp3) is 0.385. The third-order valence-electron chi connectivity index (χ3n) is 2.89. The summed E-state index contributed by atoms with van der Waals surface area (Å²) in [5.41, 5.74) is 0.343. The lowest BCUT2D eigenvalue weighted by molar-refractivity contribution is -0.154. The Kier molecular flexibility index (Phi) is 5.14. The minimum absolute atomic E-state index is 0.0150. The van der Waals surface area contributed by atoms with Crippen molar-refractivity contribution in [1.82, 2.24) is 25.1 Å². The molecule has 2 aromatic rings. The highest BCUT2D eigenvalue weighted by molar-refractivity contribution is 5.79. The van der Waals surface area contributed by atoms with Crippen molar-refractivity contribution in [2.24, 2.45) is 0 Å². The summed E-state index contributed by atoms with van der Waals surface area (Å²) in [6.07, 6.45) is -0.450. The summed E-state index contributed by atoms with van der Waals surface area (Å²) in [7, 11) is 0. The normalized spacial score (nSPS) is 12.7. The molecule has 0 bridgehead atoms. The largest absolute Gasteiger partial charge is 0.468 e. The summed E-state index contributed by atoms with van der Waals surface area (Å²) < 4.78 is 42.6. The van der Waals surface area contributed by atoms with E-state index in [1.807, 2.05) is 0 Å². The molecular weight excluding hydrogens is 315 g/mol. The summed E-state index contributed by atoms with van der Waals surface area (Å²) in [5, 5.41) is 6.44. The summed E-state index contributed by atoms with van der Waals surface area (Å²) in [6.45, 7) is 0.160. The molecule has 0 aromatic carbocycles. The van der Waals surface area contributed by atoms with Gasteiger partial charge in [-0.1, -0.05) is 6.07 Å². The number of hydrogen-bond donors (Lipinski definition) is 1. The maximum atomic E-state index is 12.2. The van der Waals surface area contributed by atoms with Crippen molar-refractivity contribution in [2.45, 2.75) is 25.7 Å². The molecule has 23 heavy (non-hydrogen) atoms. The average Bonchev–Trinajstić information content (AvgIpc) is 3.04. The van der Waals surface area contributed by atoms with Crippen LogP contribution < -0.4 is 10.1 Å². The molecule has 10 heteroatoms. The Balaban J connectivity index is 1.96. The molecule has 2 rings (SSSR count). The first-order chi connectivity index (χ1) is 10.9. The van der Waals surface area contributed by atoms with Gasteiger partial charge in [-0.2, -0.15) is 18.3 Å². The van der Waals surface area contributed by atoms with Crippen LogP contribution in [0.3, 0.4) is 0 Å². The van der Waals surface area contributed by atoms with Crippen molar-refractivity contribution < 1.29 is 22.7 Å². The SMILES string of the molecule is C[C@@H](C(=O)NCc1cccnc1OCC(F)(F)F)n1cncn1. The number of carbonyl (C=O) groups excluding carboxylic acids is 1. The van der Waals surface area contributed by atoms with Gasteiger partial charge in [-0.3, -0.25) is 4.79 Å². The molecule has 1 atom stereocenters. The van der Waals surface area contributed by atoms with E-state index in [1.165, 1.54) is 29.6 Å². The van der Waals surface area contributed by atoms with Gasteiger partial charge in [0.25, 0.3) is 0 Å². The molecule has 2 heterocycles. The Bertz CT molecular complexity index is 645. The topological polar surface area (TPSA) is 81.9 Å². The summed E-state index contributed by atoms with van der Waals surface area (Å²) in [5.74, 6) is -0.528. The maximum absolute atomic E-state index is 12.2. The van der Waals surface area contributed by atoms with E-state index in [4.69, 9.17) is 0 Å². The Morgan fingerprint density at radius 2 is 2.26 bits per heavy atom. The molecule has 0 radical (unpaired) electrons. The van der Waals surface area contributed by atoms with E-state index >= 15 is 0 Å². The van der Waals surface area contributed by atoms with Gasteiger partial charge < -0.3 is 10.1 Å². The highest BCUT2D eigenvalue weighted by atomic mass is 19.4. The summed E-state index contributed by atoms with van der Waals surface area (Å²) in [6, 6.07) is 2.47. The highest BCUT2D eigenvalue weighted by Crippen LogP contribution is 2.20. The standard InChI is InChI=1S/C13H14F3N5O2/c1-9(21-8-17-7-20-21)11(22)19-5-10-3-2-4-18-12(10)23-6-13(14,15)16/h2-4,7-9H,5-6H2,1H3,(H,19,22)/t9-/m0/s1. The second-order valence-corrected chi connectivity index (χ2v) is 4.64. The lowest BCUT2D eigenvalue weighted by Gasteiger charge is -2.14. The van der Waals surface area contributed by atoms with Crippen molar-refractivity contribution in [3.8, 4) is 5.88 Å².